The van der Waals surface area contributed by atoms with E-state index in [1.54, 1.807) is 10.9 Å². The standard InChI is InChI=1S/C14H16N6O2S/c1-8-12(9(2)20(3)19-8)16-11(21)7-23-14-18-17-13(22-14)10-5-4-6-15-10/h4-6,15H,7H2,1-3H3,(H,16,21). The second kappa shape index (κ2) is 6.29. The molecule has 3 aromatic heterocycles. The number of hydrogen-bond acceptors (Lipinski definition) is 6. The van der Waals surface area contributed by atoms with Gasteiger partial charge in [-0.1, -0.05) is 11.8 Å². The van der Waals surface area contributed by atoms with Gasteiger partial charge in [-0.15, -0.1) is 10.2 Å². The number of aromatic amines is 1. The molecule has 1 amide bonds. The van der Waals surface area contributed by atoms with Crippen LogP contribution in [0.1, 0.15) is 11.4 Å². The van der Waals surface area contributed by atoms with Gasteiger partial charge in [0.1, 0.15) is 5.69 Å². The lowest BCUT2D eigenvalue weighted by Gasteiger charge is -2.04. The van der Waals surface area contributed by atoms with Crippen LogP contribution in [0.4, 0.5) is 5.69 Å². The van der Waals surface area contributed by atoms with Crippen molar-refractivity contribution in [3.63, 3.8) is 0 Å². The molecule has 9 heteroatoms. The zero-order valence-electron chi connectivity index (χ0n) is 13.0. The summed E-state index contributed by atoms with van der Waals surface area (Å²) in [7, 11) is 1.84. The van der Waals surface area contributed by atoms with E-state index in [1.165, 1.54) is 11.8 Å². The molecule has 0 saturated carbocycles. The van der Waals surface area contributed by atoms with Crippen molar-refractivity contribution >= 4 is 23.4 Å². The first kappa shape index (κ1) is 15.3. The van der Waals surface area contributed by atoms with E-state index in [-0.39, 0.29) is 11.7 Å². The summed E-state index contributed by atoms with van der Waals surface area (Å²) in [5.74, 6) is 0.436. The van der Waals surface area contributed by atoms with Crippen molar-refractivity contribution in [2.45, 2.75) is 19.1 Å². The Balaban J connectivity index is 1.59. The summed E-state index contributed by atoms with van der Waals surface area (Å²) in [4.78, 5) is 15.1. The van der Waals surface area contributed by atoms with Crippen LogP contribution in [0.15, 0.2) is 28.0 Å². The minimum atomic E-state index is -0.145. The zero-order valence-corrected chi connectivity index (χ0v) is 13.8. The molecule has 0 fully saturated rings. The SMILES string of the molecule is Cc1nn(C)c(C)c1NC(=O)CSc1nnc(-c2ccc[nH]2)o1. The van der Waals surface area contributed by atoms with Gasteiger partial charge in [0.25, 0.3) is 11.1 Å². The lowest BCUT2D eigenvalue weighted by Crippen LogP contribution is -2.15. The molecule has 3 heterocycles. The van der Waals surface area contributed by atoms with E-state index < -0.39 is 0 Å². The Labute approximate surface area is 136 Å². The molecule has 0 radical (unpaired) electrons. The molecule has 0 bridgehead atoms. The van der Waals surface area contributed by atoms with Crippen LogP contribution in [0.25, 0.3) is 11.6 Å². The fraction of sp³-hybridized carbons (Fsp3) is 0.286. The summed E-state index contributed by atoms with van der Waals surface area (Å²) in [6.07, 6.45) is 1.78. The lowest BCUT2D eigenvalue weighted by atomic mass is 10.3. The van der Waals surface area contributed by atoms with E-state index >= 15 is 0 Å². The smallest absolute Gasteiger partial charge is 0.277 e. The lowest BCUT2D eigenvalue weighted by molar-refractivity contribution is -0.113. The van der Waals surface area contributed by atoms with Crippen molar-refractivity contribution in [1.29, 1.82) is 0 Å². The Morgan fingerprint density at radius 3 is 2.91 bits per heavy atom. The average Bonchev–Trinajstić information content (AvgIpc) is 3.23. The Kier molecular flexibility index (Phi) is 4.20. The number of nitrogens with one attached hydrogen (secondary N) is 2. The van der Waals surface area contributed by atoms with Crippen LogP contribution in [-0.4, -0.2) is 36.6 Å². The van der Waals surface area contributed by atoms with Gasteiger partial charge in [-0.25, -0.2) is 0 Å². The molecule has 8 nitrogen and oxygen atoms in total. The molecule has 0 aliphatic carbocycles. The van der Waals surface area contributed by atoms with Gasteiger partial charge in [0.15, 0.2) is 0 Å². The molecule has 0 saturated heterocycles. The molecule has 0 aromatic carbocycles. The minimum Gasteiger partial charge on any atom is -0.410 e. The predicted molar refractivity (Wildman–Crippen MR) is 86.1 cm³/mol. The summed E-state index contributed by atoms with van der Waals surface area (Å²) < 4.78 is 7.23. The molecule has 120 valence electrons. The number of nitrogens with zero attached hydrogens (tertiary/aromatic N) is 4. The molecule has 2 N–H and O–H groups in total. The van der Waals surface area contributed by atoms with Crippen molar-refractivity contribution in [2.75, 3.05) is 11.1 Å². The number of thioether (sulfide) groups is 1. The Bertz CT molecular complexity index is 821. The fourth-order valence-electron chi connectivity index (χ4n) is 2.10. The summed E-state index contributed by atoms with van der Waals surface area (Å²) >= 11 is 1.19. The van der Waals surface area contributed by atoms with Crippen molar-refractivity contribution in [1.82, 2.24) is 25.0 Å². The summed E-state index contributed by atoms with van der Waals surface area (Å²) in [6.45, 7) is 3.76. The number of aryl methyl sites for hydroxylation is 2. The van der Waals surface area contributed by atoms with Gasteiger partial charge in [-0.2, -0.15) is 5.10 Å². The van der Waals surface area contributed by atoms with E-state index in [1.807, 2.05) is 33.0 Å². The van der Waals surface area contributed by atoms with Crippen LogP contribution in [0, 0.1) is 13.8 Å². The van der Waals surface area contributed by atoms with E-state index in [2.05, 4.69) is 25.6 Å². The van der Waals surface area contributed by atoms with Gasteiger partial charge in [0.2, 0.25) is 5.91 Å². The van der Waals surface area contributed by atoms with E-state index in [9.17, 15) is 4.79 Å². The Morgan fingerprint density at radius 1 is 1.43 bits per heavy atom. The van der Waals surface area contributed by atoms with Gasteiger partial charge in [-0.3, -0.25) is 9.48 Å². The summed E-state index contributed by atoms with van der Waals surface area (Å²) in [5.41, 5.74) is 3.19. The molecule has 0 unspecified atom stereocenters. The number of hydrogen-bond donors (Lipinski definition) is 2. The highest BCUT2D eigenvalue weighted by Gasteiger charge is 2.15. The predicted octanol–water partition coefficient (Wildman–Crippen LogP) is 2.15. The molecule has 0 aliphatic rings. The molecule has 0 aliphatic heterocycles. The average molecular weight is 332 g/mol. The molecule has 3 rings (SSSR count). The number of anilines is 1. The van der Waals surface area contributed by atoms with Crippen molar-refractivity contribution in [3.05, 3.63) is 29.7 Å². The van der Waals surface area contributed by atoms with E-state index in [0.717, 1.165) is 22.8 Å². The quantitative estimate of drug-likeness (QED) is 0.694. The highest BCUT2D eigenvalue weighted by molar-refractivity contribution is 7.99. The number of carbonyl (C=O) groups is 1. The zero-order chi connectivity index (χ0) is 16.4. The second-order valence-electron chi connectivity index (χ2n) is 4.96. The molecule has 23 heavy (non-hydrogen) atoms. The first-order valence-electron chi connectivity index (χ1n) is 6.94. The van der Waals surface area contributed by atoms with Crippen molar-refractivity contribution in [2.24, 2.45) is 7.05 Å². The molecular formula is C14H16N6O2S. The maximum atomic E-state index is 12.1. The Hall–Kier alpha value is -2.55. The monoisotopic (exact) mass is 332 g/mol. The van der Waals surface area contributed by atoms with E-state index in [0.29, 0.717) is 11.1 Å². The third-order valence-corrected chi connectivity index (χ3v) is 4.15. The molecule has 0 atom stereocenters. The van der Waals surface area contributed by atoms with Crippen LogP contribution in [-0.2, 0) is 11.8 Å². The summed E-state index contributed by atoms with van der Waals surface area (Å²) in [6, 6.07) is 3.68. The van der Waals surface area contributed by atoms with Gasteiger partial charge < -0.3 is 14.7 Å². The first-order chi connectivity index (χ1) is 11.0. The van der Waals surface area contributed by atoms with Crippen LogP contribution in [0.2, 0.25) is 0 Å². The third kappa shape index (κ3) is 3.29. The maximum absolute atomic E-state index is 12.1. The van der Waals surface area contributed by atoms with Crippen LogP contribution >= 0.6 is 11.8 Å². The highest BCUT2D eigenvalue weighted by Crippen LogP contribution is 2.23. The number of rotatable bonds is 5. The minimum absolute atomic E-state index is 0.145. The summed E-state index contributed by atoms with van der Waals surface area (Å²) in [5, 5.41) is 15.3. The topological polar surface area (TPSA) is 102 Å². The maximum Gasteiger partial charge on any atom is 0.277 e. The van der Waals surface area contributed by atoms with Gasteiger partial charge in [-0.05, 0) is 26.0 Å². The molecule has 0 spiro atoms. The number of aromatic nitrogens is 5. The number of H-pyrrole nitrogens is 1. The van der Waals surface area contributed by atoms with Crippen LogP contribution in [0.3, 0.4) is 0 Å². The largest absolute Gasteiger partial charge is 0.410 e. The van der Waals surface area contributed by atoms with Crippen molar-refractivity contribution in [3.8, 4) is 11.6 Å². The highest BCUT2D eigenvalue weighted by atomic mass is 32.2. The van der Waals surface area contributed by atoms with Crippen molar-refractivity contribution < 1.29 is 9.21 Å². The Morgan fingerprint density at radius 2 is 2.26 bits per heavy atom. The third-order valence-electron chi connectivity index (χ3n) is 3.33. The normalized spacial score (nSPS) is 10.9. The van der Waals surface area contributed by atoms with Gasteiger partial charge in [0, 0.05) is 13.2 Å². The number of amides is 1. The number of carbonyl (C=O) groups excluding carboxylic acids is 1. The van der Waals surface area contributed by atoms with Crippen LogP contribution < -0.4 is 5.32 Å². The second-order valence-corrected chi connectivity index (χ2v) is 5.89. The fourth-order valence-corrected chi connectivity index (χ4v) is 2.66. The van der Waals surface area contributed by atoms with Gasteiger partial charge in [0.05, 0.1) is 22.8 Å². The van der Waals surface area contributed by atoms with Crippen LogP contribution in [0.5, 0.6) is 0 Å². The first-order valence-corrected chi connectivity index (χ1v) is 7.93. The van der Waals surface area contributed by atoms with Gasteiger partial charge >= 0.3 is 0 Å². The van der Waals surface area contributed by atoms with E-state index in [4.69, 9.17) is 4.42 Å². The molecular weight excluding hydrogens is 316 g/mol. The molecule has 3 aromatic rings.